The first-order valence-electron chi connectivity index (χ1n) is 5.40. The SMILES string of the molecule is C=C[C@@H](C)OC(=O)c1cnc(-c2ccncc2)s1. The Morgan fingerprint density at radius 1 is 1.50 bits per heavy atom. The van der Waals surface area contributed by atoms with E-state index in [-0.39, 0.29) is 12.1 Å². The number of ether oxygens (including phenoxy) is 1. The maximum Gasteiger partial charge on any atom is 0.350 e. The van der Waals surface area contributed by atoms with Gasteiger partial charge in [-0.1, -0.05) is 12.7 Å². The Bertz CT molecular complexity index is 551. The minimum atomic E-state index is -0.375. The standard InChI is InChI=1S/C13H12N2O2S/c1-3-9(2)17-13(16)11-8-15-12(18-11)10-4-6-14-7-5-10/h3-9H,1H2,2H3/t9-/m1/s1. The lowest BCUT2D eigenvalue weighted by Gasteiger charge is -2.06. The Labute approximate surface area is 109 Å². The zero-order valence-corrected chi connectivity index (χ0v) is 10.7. The number of aromatic nitrogens is 2. The molecule has 0 spiro atoms. The zero-order chi connectivity index (χ0) is 13.0. The van der Waals surface area contributed by atoms with Gasteiger partial charge in [0.05, 0.1) is 6.20 Å². The molecular formula is C13H12N2O2S. The van der Waals surface area contributed by atoms with Crippen molar-refractivity contribution in [2.75, 3.05) is 0 Å². The molecule has 0 aliphatic carbocycles. The molecule has 2 aromatic rings. The van der Waals surface area contributed by atoms with Crippen molar-refractivity contribution in [1.29, 1.82) is 0 Å². The highest BCUT2D eigenvalue weighted by molar-refractivity contribution is 7.16. The van der Waals surface area contributed by atoms with Gasteiger partial charge in [0, 0.05) is 18.0 Å². The van der Waals surface area contributed by atoms with Crippen molar-refractivity contribution in [3.63, 3.8) is 0 Å². The molecular weight excluding hydrogens is 248 g/mol. The van der Waals surface area contributed by atoms with Crippen LogP contribution < -0.4 is 0 Å². The van der Waals surface area contributed by atoms with Crippen molar-refractivity contribution in [2.45, 2.75) is 13.0 Å². The van der Waals surface area contributed by atoms with E-state index in [2.05, 4.69) is 16.5 Å². The molecule has 0 unspecified atom stereocenters. The normalized spacial score (nSPS) is 11.8. The smallest absolute Gasteiger partial charge is 0.350 e. The van der Waals surface area contributed by atoms with Crippen LogP contribution in [0.1, 0.15) is 16.6 Å². The van der Waals surface area contributed by atoms with Crippen molar-refractivity contribution in [1.82, 2.24) is 9.97 Å². The highest BCUT2D eigenvalue weighted by Gasteiger charge is 2.14. The first-order chi connectivity index (χ1) is 8.70. The summed E-state index contributed by atoms with van der Waals surface area (Å²) < 4.78 is 5.14. The quantitative estimate of drug-likeness (QED) is 0.626. The number of hydrogen-bond donors (Lipinski definition) is 0. The minimum Gasteiger partial charge on any atom is -0.454 e. The fraction of sp³-hybridized carbons (Fsp3) is 0.154. The fourth-order valence-electron chi connectivity index (χ4n) is 1.27. The summed E-state index contributed by atoms with van der Waals surface area (Å²) in [6.45, 7) is 5.32. The van der Waals surface area contributed by atoms with Crippen LogP contribution in [0.2, 0.25) is 0 Å². The third kappa shape index (κ3) is 2.81. The Morgan fingerprint density at radius 2 is 2.22 bits per heavy atom. The highest BCUT2D eigenvalue weighted by Crippen LogP contribution is 2.25. The molecule has 1 atom stereocenters. The number of pyridine rings is 1. The van der Waals surface area contributed by atoms with E-state index in [4.69, 9.17) is 4.74 Å². The van der Waals surface area contributed by atoms with Crippen LogP contribution in [0.15, 0.2) is 43.4 Å². The second kappa shape index (κ2) is 5.55. The Kier molecular flexibility index (Phi) is 3.84. The molecule has 0 saturated heterocycles. The van der Waals surface area contributed by atoms with Crippen molar-refractivity contribution in [3.05, 3.63) is 48.3 Å². The molecule has 2 rings (SSSR count). The second-order valence-corrected chi connectivity index (χ2v) is 4.64. The molecule has 18 heavy (non-hydrogen) atoms. The maximum absolute atomic E-state index is 11.7. The molecule has 0 bridgehead atoms. The van der Waals surface area contributed by atoms with Gasteiger partial charge < -0.3 is 4.74 Å². The van der Waals surface area contributed by atoms with Crippen LogP contribution in [0.3, 0.4) is 0 Å². The van der Waals surface area contributed by atoms with Crippen molar-refractivity contribution >= 4 is 17.3 Å². The topological polar surface area (TPSA) is 52.1 Å². The predicted octanol–water partition coefficient (Wildman–Crippen LogP) is 2.94. The molecule has 92 valence electrons. The number of esters is 1. The molecule has 4 nitrogen and oxygen atoms in total. The van der Waals surface area contributed by atoms with Crippen LogP contribution in [-0.2, 0) is 4.74 Å². The lowest BCUT2D eigenvalue weighted by molar-refractivity contribution is 0.0430. The van der Waals surface area contributed by atoms with Crippen LogP contribution >= 0.6 is 11.3 Å². The molecule has 0 radical (unpaired) electrons. The summed E-state index contributed by atoms with van der Waals surface area (Å²) in [6.07, 6.45) is 6.17. The lowest BCUT2D eigenvalue weighted by atomic mass is 10.3. The third-order valence-corrected chi connectivity index (χ3v) is 3.29. The molecule has 0 saturated carbocycles. The summed E-state index contributed by atoms with van der Waals surface area (Å²) in [5.74, 6) is -0.375. The number of hydrogen-bond acceptors (Lipinski definition) is 5. The van der Waals surface area contributed by atoms with Crippen molar-refractivity contribution in [2.24, 2.45) is 0 Å². The predicted molar refractivity (Wildman–Crippen MR) is 70.4 cm³/mol. The van der Waals surface area contributed by atoms with Gasteiger partial charge in [-0.3, -0.25) is 4.98 Å². The van der Waals surface area contributed by atoms with E-state index < -0.39 is 0 Å². The minimum absolute atomic E-state index is 0.302. The Balaban J connectivity index is 2.16. The van der Waals surface area contributed by atoms with E-state index in [1.165, 1.54) is 17.5 Å². The molecule has 2 aromatic heterocycles. The van der Waals surface area contributed by atoms with Crippen LogP contribution in [0.5, 0.6) is 0 Å². The fourth-order valence-corrected chi connectivity index (χ4v) is 2.08. The molecule has 0 aliphatic rings. The van der Waals surface area contributed by atoms with E-state index in [0.29, 0.717) is 4.88 Å². The summed E-state index contributed by atoms with van der Waals surface area (Å²) in [4.78, 5) is 20.4. The van der Waals surface area contributed by atoms with Gasteiger partial charge in [0.15, 0.2) is 0 Å². The Morgan fingerprint density at radius 3 is 2.89 bits per heavy atom. The van der Waals surface area contributed by atoms with Crippen LogP contribution in [0.4, 0.5) is 0 Å². The molecule has 0 fully saturated rings. The molecule has 0 amide bonds. The number of carbonyl (C=O) groups is 1. The van der Waals surface area contributed by atoms with Gasteiger partial charge in [0.25, 0.3) is 0 Å². The maximum atomic E-state index is 11.7. The van der Waals surface area contributed by atoms with Crippen LogP contribution in [-0.4, -0.2) is 22.0 Å². The van der Waals surface area contributed by atoms with Crippen LogP contribution in [0, 0.1) is 0 Å². The van der Waals surface area contributed by atoms with E-state index in [0.717, 1.165) is 10.6 Å². The van der Waals surface area contributed by atoms with E-state index in [1.807, 2.05) is 12.1 Å². The third-order valence-electron chi connectivity index (χ3n) is 2.26. The summed E-state index contributed by atoms with van der Waals surface area (Å²) >= 11 is 1.30. The molecule has 5 heteroatoms. The molecule has 0 aromatic carbocycles. The van der Waals surface area contributed by atoms with Gasteiger partial charge in [0.1, 0.15) is 16.0 Å². The zero-order valence-electron chi connectivity index (χ0n) is 9.87. The first-order valence-corrected chi connectivity index (χ1v) is 6.22. The van der Waals surface area contributed by atoms with Crippen LogP contribution in [0.25, 0.3) is 10.6 Å². The average molecular weight is 260 g/mol. The van der Waals surface area contributed by atoms with Crippen molar-refractivity contribution < 1.29 is 9.53 Å². The van der Waals surface area contributed by atoms with Gasteiger partial charge >= 0.3 is 5.97 Å². The van der Waals surface area contributed by atoms with E-state index in [1.54, 1.807) is 25.4 Å². The van der Waals surface area contributed by atoms with Gasteiger partial charge in [-0.15, -0.1) is 11.3 Å². The average Bonchev–Trinajstić information content (AvgIpc) is 2.89. The van der Waals surface area contributed by atoms with Crippen molar-refractivity contribution in [3.8, 4) is 10.6 Å². The molecule has 0 N–H and O–H groups in total. The number of thiazole rings is 1. The largest absolute Gasteiger partial charge is 0.454 e. The summed E-state index contributed by atoms with van der Waals surface area (Å²) in [7, 11) is 0. The Hall–Kier alpha value is -2.01. The number of nitrogens with zero attached hydrogens (tertiary/aromatic N) is 2. The van der Waals surface area contributed by atoms with E-state index in [9.17, 15) is 4.79 Å². The van der Waals surface area contributed by atoms with Gasteiger partial charge in [-0.05, 0) is 19.1 Å². The summed E-state index contributed by atoms with van der Waals surface area (Å²) in [5, 5.41) is 0.774. The second-order valence-electron chi connectivity index (χ2n) is 3.61. The first kappa shape index (κ1) is 12.4. The number of rotatable bonds is 4. The van der Waals surface area contributed by atoms with E-state index >= 15 is 0 Å². The van der Waals surface area contributed by atoms with Gasteiger partial charge in [-0.2, -0.15) is 0 Å². The lowest BCUT2D eigenvalue weighted by Crippen LogP contribution is -2.11. The molecule has 2 heterocycles. The van der Waals surface area contributed by atoms with Gasteiger partial charge in [0.2, 0.25) is 0 Å². The number of carbonyl (C=O) groups excluding carboxylic acids is 1. The monoisotopic (exact) mass is 260 g/mol. The van der Waals surface area contributed by atoms with Gasteiger partial charge in [-0.25, -0.2) is 9.78 Å². The summed E-state index contributed by atoms with van der Waals surface area (Å²) in [5.41, 5.74) is 0.936. The molecule has 0 aliphatic heterocycles. The highest BCUT2D eigenvalue weighted by atomic mass is 32.1. The summed E-state index contributed by atoms with van der Waals surface area (Å²) in [6, 6.07) is 3.70.